The zero-order valence-corrected chi connectivity index (χ0v) is 13.5. The first kappa shape index (κ1) is 16.8. The Morgan fingerprint density at radius 3 is 2.82 bits per heavy atom. The number of likely N-dealkylation sites (tertiary alicyclic amines) is 1. The van der Waals surface area contributed by atoms with Crippen LogP contribution in [0.4, 0.5) is 0 Å². The summed E-state index contributed by atoms with van der Waals surface area (Å²) in [6.07, 6.45) is 6.80. The number of nitrogens with zero attached hydrogens (tertiary/aromatic N) is 1. The van der Waals surface area contributed by atoms with Crippen LogP contribution in [-0.2, 0) is 16.0 Å². The minimum atomic E-state index is 0.259. The summed E-state index contributed by atoms with van der Waals surface area (Å²) < 4.78 is 5.12. The summed E-state index contributed by atoms with van der Waals surface area (Å²) in [5, 5.41) is 9.29. The van der Waals surface area contributed by atoms with Crippen molar-refractivity contribution in [1.29, 1.82) is 0 Å². The molecule has 1 aromatic rings. The number of ether oxygens (including phenoxy) is 1. The van der Waals surface area contributed by atoms with Crippen LogP contribution in [0.3, 0.4) is 0 Å². The highest BCUT2D eigenvalue weighted by atomic mass is 16.5. The molecule has 1 atom stereocenters. The van der Waals surface area contributed by atoms with Crippen molar-refractivity contribution >= 4 is 5.91 Å². The van der Waals surface area contributed by atoms with Gasteiger partial charge in [0.2, 0.25) is 5.91 Å². The van der Waals surface area contributed by atoms with Gasteiger partial charge in [-0.3, -0.25) is 4.79 Å². The Morgan fingerprint density at radius 2 is 2.09 bits per heavy atom. The standard InChI is InChI=1S/C18H27NO3/c1-22-14-4-6-16-5-2-3-13-19(16)18(21)12-9-15-7-10-17(20)11-8-15/h7-8,10-11,16,20H,2-6,9,12-14H2,1H3/t16-/m0/s1. The molecule has 0 spiro atoms. The zero-order valence-electron chi connectivity index (χ0n) is 13.5. The van der Waals surface area contributed by atoms with E-state index in [1.54, 1.807) is 19.2 Å². The SMILES string of the molecule is COCCC[C@@H]1CCCCN1C(=O)CCc1ccc(O)cc1. The number of rotatable bonds is 7. The van der Waals surface area contributed by atoms with Crippen molar-refractivity contribution in [2.24, 2.45) is 0 Å². The molecule has 0 radical (unpaired) electrons. The molecule has 1 saturated heterocycles. The predicted molar refractivity (Wildman–Crippen MR) is 86.9 cm³/mol. The summed E-state index contributed by atoms with van der Waals surface area (Å²) in [6.45, 7) is 1.66. The highest BCUT2D eigenvalue weighted by molar-refractivity contribution is 5.77. The van der Waals surface area contributed by atoms with Crippen LogP contribution in [0.2, 0.25) is 0 Å². The topological polar surface area (TPSA) is 49.8 Å². The molecule has 1 amide bonds. The molecule has 4 heteroatoms. The summed E-state index contributed by atoms with van der Waals surface area (Å²) in [5.41, 5.74) is 1.10. The van der Waals surface area contributed by atoms with E-state index in [1.165, 1.54) is 6.42 Å². The Labute approximate surface area is 133 Å². The molecule has 1 aliphatic heterocycles. The van der Waals surface area contributed by atoms with Crippen molar-refractivity contribution in [1.82, 2.24) is 4.90 Å². The van der Waals surface area contributed by atoms with Crippen molar-refractivity contribution in [3.05, 3.63) is 29.8 Å². The first-order chi connectivity index (χ1) is 10.7. The number of phenols is 1. The Hall–Kier alpha value is -1.55. The van der Waals surface area contributed by atoms with E-state index in [1.807, 2.05) is 12.1 Å². The van der Waals surface area contributed by atoms with Gasteiger partial charge in [-0.15, -0.1) is 0 Å². The molecule has 122 valence electrons. The molecule has 1 aliphatic rings. The zero-order chi connectivity index (χ0) is 15.8. The molecular formula is C18H27NO3. The maximum Gasteiger partial charge on any atom is 0.223 e. The fourth-order valence-electron chi connectivity index (χ4n) is 3.15. The molecule has 0 aromatic heterocycles. The molecule has 4 nitrogen and oxygen atoms in total. The monoisotopic (exact) mass is 305 g/mol. The molecule has 2 rings (SSSR count). The number of piperidine rings is 1. The lowest BCUT2D eigenvalue weighted by molar-refractivity contribution is -0.135. The second-order valence-electron chi connectivity index (χ2n) is 6.04. The highest BCUT2D eigenvalue weighted by Crippen LogP contribution is 2.22. The van der Waals surface area contributed by atoms with Gasteiger partial charge in [0, 0.05) is 32.7 Å². The first-order valence-electron chi connectivity index (χ1n) is 8.27. The van der Waals surface area contributed by atoms with E-state index in [2.05, 4.69) is 4.90 Å². The minimum Gasteiger partial charge on any atom is -0.508 e. The Balaban J connectivity index is 1.84. The molecule has 1 heterocycles. The fourth-order valence-corrected chi connectivity index (χ4v) is 3.15. The van der Waals surface area contributed by atoms with Crippen LogP contribution < -0.4 is 0 Å². The number of hydrogen-bond donors (Lipinski definition) is 1. The predicted octanol–water partition coefficient (Wildman–Crippen LogP) is 3.13. The Morgan fingerprint density at radius 1 is 1.32 bits per heavy atom. The fraction of sp³-hybridized carbons (Fsp3) is 0.611. The maximum absolute atomic E-state index is 12.5. The van der Waals surface area contributed by atoms with Crippen LogP contribution in [0, 0.1) is 0 Å². The normalized spacial score (nSPS) is 18.4. The van der Waals surface area contributed by atoms with E-state index >= 15 is 0 Å². The molecular weight excluding hydrogens is 278 g/mol. The number of amides is 1. The lowest BCUT2D eigenvalue weighted by atomic mass is 9.97. The summed E-state index contributed by atoms with van der Waals surface area (Å²) in [6, 6.07) is 7.50. The average molecular weight is 305 g/mol. The van der Waals surface area contributed by atoms with E-state index in [0.29, 0.717) is 12.5 Å². The summed E-state index contributed by atoms with van der Waals surface area (Å²) in [5.74, 6) is 0.527. The Kier molecular flexibility index (Phi) is 6.72. The lowest BCUT2D eigenvalue weighted by Crippen LogP contribution is -2.43. The van der Waals surface area contributed by atoms with Crippen molar-refractivity contribution < 1.29 is 14.6 Å². The molecule has 22 heavy (non-hydrogen) atoms. The molecule has 1 N–H and O–H groups in total. The Bertz CT molecular complexity index is 458. The van der Waals surface area contributed by atoms with Gasteiger partial charge < -0.3 is 14.7 Å². The molecule has 1 aromatic carbocycles. The second kappa shape index (κ2) is 8.79. The average Bonchev–Trinajstić information content (AvgIpc) is 2.55. The van der Waals surface area contributed by atoms with Crippen LogP contribution in [0.15, 0.2) is 24.3 Å². The molecule has 0 unspecified atom stereocenters. The van der Waals surface area contributed by atoms with Crippen LogP contribution >= 0.6 is 0 Å². The van der Waals surface area contributed by atoms with Gasteiger partial charge in [-0.1, -0.05) is 12.1 Å². The van der Waals surface area contributed by atoms with Crippen molar-refractivity contribution in [2.45, 2.75) is 51.0 Å². The van der Waals surface area contributed by atoms with Crippen LogP contribution in [0.1, 0.15) is 44.1 Å². The number of hydrogen-bond acceptors (Lipinski definition) is 3. The molecule has 0 aliphatic carbocycles. The van der Waals surface area contributed by atoms with Gasteiger partial charge in [-0.05, 0) is 56.2 Å². The van der Waals surface area contributed by atoms with E-state index in [-0.39, 0.29) is 11.7 Å². The van der Waals surface area contributed by atoms with Gasteiger partial charge in [0.25, 0.3) is 0 Å². The van der Waals surface area contributed by atoms with E-state index in [0.717, 1.165) is 50.8 Å². The molecule has 0 bridgehead atoms. The van der Waals surface area contributed by atoms with Crippen molar-refractivity contribution in [3.63, 3.8) is 0 Å². The number of methoxy groups -OCH3 is 1. The maximum atomic E-state index is 12.5. The number of carbonyl (C=O) groups excluding carboxylic acids is 1. The van der Waals surface area contributed by atoms with Crippen LogP contribution in [0.25, 0.3) is 0 Å². The van der Waals surface area contributed by atoms with Gasteiger partial charge in [0.15, 0.2) is 0 Å². The van der Waals surface area contributed by atoms with Gasteiger partial charge in [-0.25, -0.2) is 0 Å². The van der Waals surface area contributed by atoms with E-state index in [4.69, 9.17) is 4.74 Å². The number of benzene rings is 1. The van der Waals surface area contributed by atoms with E-state index in [9.17, 15) is 9.90 Å². The first-order valence-corrected chi connectivity index (χ1v) is 8.27. The number of aryl methyl sites for hydroxylation is 1. The van der Waals surface area contributed by atoms with Crippen molar-refractivity contribution in [2.75, 3.05) is 20.3 Å². The second-order valence-corrected chi connectivity index (χ2v) is 6.04. The summed E-state index contributed by atoms with van der Waals surface area (Å²) in [4.78, 5) is 14.6. The van der Waals surface area contributed by atoms with Gasteiger partial charge in [0.1, 0.15) is 5.75 Å². The number of carbonyl (C=O) groups is 1. The lowest BCUT2D eigenvalue weighted by Gasteiger charge is -2.36. The largest absolute Gasteiger partial charge is 0.508 e. The van der Waals surface area contributed by atoms with Gasteiger partial charge in [-0.2, -0.15) is 0 Å². The quantitative estimate of drug-likeness (QED) is 0.787. The third-order valence-electron chi connectivity index (χ3n) is 4.40. The summed E-state index contributed by atoms with van der Waals surface area (Å²) >= 11 is 0. The van der Waals surface area contributed by atoms with Crippen LogP contribution in [0.5, 0.6) is 5.75 Å². The van der Waals surface area contributed by atoms with Crippen LogP contribution in [-0.4, -0.2) is 42.2 Å². The highest BCUT2D eigenvalue weighted by Gasteiger charge is 2.25. The third kappa shape index (κ3) is 5.02. The van der Waals surface area contributed by atoms with E-state index < -0.39 is 0 Å². The summed E-state index contributed by atoms with van der Waals surface area (Å²) in [7, 11) is 1.72. The minimum absolute atomic E-state index is 0.259. The number of phenolic OH excluding ortho intramolecular Hbond substituents is 1. The molecule has 1 fully saturated rings. The van der Waals surface area contributed by atoms with Gasteiger partial charge in [0.05, 0.1) is 0 Å². The number of aromatic hydroxyl groups is 1. The van der Waals surface area contributed by atoms with Gasteiger partial charge >= 0.3 is 0 Å². The third-order valence-corrected chi connectivity index (χ3v) is 4.40. The smallest absolute Gasteiger partial charge is 0.223 e. The van der Waals surface area contributed by atoms with Crippen molar-refractivity contribution in [3.8, 4) is 5.75 Å². The molecule has 0 saturated carbocycles.